The lowest BCUT2D eigenvalue weighted by molar-refractivity contribution is -0.129. The Morgan fingerprint density at radius 1 is 1.34 bits per heavy atom. The molecule has 1 amide bonds. The number of carbonyl (C=O) groups is 1. The molecule has 8 heteroatoms. The molecule has 0 saturated carbocycles. The Morgan fingerprint density at radius 2 is 2.24 bits per heavy atom. The van der Waals surface area contributed by atoms with Crippen molar-refractivity contribution in [3.8, 4) is 0 Å². The summed E-state index contributed by atoms with van der Waals surface area (Å²) in [5.41, 5.74) is 0.854. The molecule has 1 atom stereocenters. The van der Waals surface area contributed by atoms with Gasteiger partial charge in [0.1, 0.15) is 17.4 Å². The molecule has 1 N–H and O–H groups in total. The summed E-state index contributed by atoms with van der Waals surface area (Å²) in [6.07, 6.45) is 9.63. The highest BCUT2D eigenvalue weighted by Gasteiger charge is 2.28. The maximum absolute atomic E-state index is 12.9. The molecule has 0 spiro atoms. The van der Waals surface area contributed by atoms with Crippen LogP contribution in [0.5, 0.6) is 0 Å². The van der Waals surface area contributed by atoms with Gasteiger partial charge >= 0.3 is 0 Å². The van der Waals surface area contributed by atoms with Crippen LogP contribution >= 0.6 is 11.3 Å². The van der Waals surface area contributed by atoms with Crippen molar-refractivity contribution in [1.82, 2.24) is 19.9 Å². The van der Waals surface area contributed by atoms with E-state index < -0.39 is 0 Å². The number of furan rings is 1. The van der Waals surface area contributed by atoms with Crippen LogP contribution in [0.25, 0.3) is 6.08 Å². The fourth-order valence-electron chi connectivity index (χ4n) is 3.49. The van der Waals surface area contributed by atoms with Gasteiger partial charge in [-0.15, -0.1) is 11.3 Å². The van der Waals surface area contributed by atoms with Crippen molar-refractivity contribution in [3.05, 3.63) is 58.9 Å². The predicted molar refractivity (Wildman–Crippen MR) is 113 cm³/mol. The Bertz CT molecular complexity index is 1010. The normalized spacial score (nSPS) is 17.0. The van der Waals surface area contributed by atoms with Crippen LogP contribution in [0.4, 0.5) is 10.9 Å². The lowest BCUT2D eigenvalue weighted by Crippen LogP contribution is -2.38. The minimum absolute atomic E-state index is 0.0348. The second kappa shape index (κ2) is 8.57. The quantitative estimate of drug-likeness (QED) is 0.617. The summed E-state index contributed by atoms with van der Waals surface area (Å²) in [6, 6.07) is 5.48. The largest absolute Gasteiger partial charge is 0.465 e. The van der Waals surface area contributed by atoms with E-state index in [0.717, 1.165) is 35.0 Å². The number of anilines is 2. The highest BCUT2D eigenvalue weighted by Crippen LogP contribution is 2.32. The van der Waals surface area contributed by atoms with Gasteiger partial charge in [0.2, 0.25) is 5.91 Å². The van der Waals surface area contributed by atoms with Gasteiger partial charge in [-0.1, -0.05) is 0 Å². The summed E-state index contributed by atoms with van der Waals surface area (Å²) < 4.78 is 5.28. The Morgan fingerprint density at radius 3 is 3.00 bits per heavy atom. The highest BCUT2D eigenvalue weighted by atomic mass is 32.1. The minimum atomic E-state index is -0.0715. The van der Waals surface area contributed by atoms with Gasteiger partial charge in [0.15, 0.2) is 5.13 Å². The van der Waals surface area contributed by atoms with Crippen LogP contribution in [0.15, 0.2) is 41.2 Å². The van der Waals surface area contributed by atoms with Crippen LogP contribution in [0.3, 0.4) is 0 Å². The summed E-state index contributed by atoms with van der Waals surface area (Å²) in [6.45, 7) is 4.60. The molecule has 0 aromatic carbocycles. The van der Waals surface area contributed by atoms with Crippen LogP contribution in [0.2, 0.25) is 0 Å². The zero-order chi connectivity index (χ0) is 20.2. The van der Waals surface area contributed by atoms with E-state index in [9.17, 15) is 4.79 Å². The fourth-order valence-corrected chi connectivity index (χ4v) is 4.16. The topological polar surface area (TPSA) is 84.2 Å². The number of aromatic nitrogens is 3. The minimum Gasteiger partial charge on any atom is -0.465 e. The molecule has 3 aromatic rings. The van der Waals surface area contributed by atoms with Crippen LogP contribution < -0.4 is 5.32 Å². The number of carbonyl (C=O) groups excluding carboxylic acids is 1. The van der Waals surface area contributed by atoms with Gasteiger partial charge < -0.3 is 14.6 Å². The highest BCUT2D eigenvalue weighted by molar-refractivity contribution is 7.15. The molecule has 29 heavy (non-hydrogen) atoms. The van der Waals surface area contributed by atoms with Crippen molar-refractivity contribution >= 4 is 34.3 Å². The van der Waals surface area contributed by atoms with E-state index in [1.807, 2.05) is 37.1 Å². The lowest BCUT2D eigenvalue weighted by atomic mass is 9.98. The Kier molecular flexibility index (Phi) is 5.71. The average Bonchev–Trinajstić information content (AvgIpc) is 3.37. The lowest BCUT2D eigenvalue weighted by Gasteiger charge is -2.35. The molecule has 1 aliphatic rings. The zero-order valence-electron chi connectivity index (χ0n) is 16.5. The second-order valence-electron chi connectivity index (χ2n) is 7.02. The van der Waals surface area contributed by atoms with Gasteiger partial charge in [0.25, 0.3) is 0 Å². The van der Waals surface area contributed by atoms with E-state index in [1.54, 1.807) is 35.8 Å². The summed E-state index contributed by atoms with van der Waals surface area (Å²) in [7, 11) is 0. The monoisotopic (exact) mass is 409 g/mol. The average molecular weight is 410 g/mol. The van der Waals surface area contributed by atoms with E-state index in [0.29, 0.717) is 23.9 Å². The third kappa shape index (κ3) is 4.71. The molecule has 4 heterocycles. The van der Waals surface area contributed by atoms with Crippen molar-refractivity contribution in [3.63, 3.8) is 0 Å². The maximum atomic E-state index is 12.9. The first-order valence-electron chi connectivity index (χ1n) is 9.66. The number of likely N-dealkylation sites (tertiary alicyclic amines) is 1. The number of thiazole rings is 1. The third-order valence-corrected chi connectivity index (χ3v) is 5.60. The Labute approximate surface area is 173 Å². The summed E-state index contributed by atoms with van der Waals surface area (Å²) in [4.78, 5) is 29.4. The first-order valence-corrected chi connectivity index (χ1v) is 10.5. The SMILES string of the molecule is Cc1nc(Nc2ncc(C)s2)cc(C2CCCCN2C(=O)/C=C/c2ccco2)n1. The van der Waals surface area contributed by atoms with Crippen molar-refractivity contribution in [1.29, 1.82) is 0 Å². The van der Waals surface area contributed by atoms with Gasteiger partial charge in [-0.2, -0.15) is 0 Å². The molecule has 4 rings (SSSR count). The molecule has 3 aromatic heterocycles. The maximum Gasteiger partial charge on any atom is 0.247 e. The molecular weight excluding hydrogens is 386 g/mol. The van der Waals surface area contributed by atoms with Crippen LogP contribution in [0.1, 0.15) is 47.5 Å². The van der Waals surface area contributed by atoms with E-state index in [4.69, 9.17) is 4.42 Å². The molecule has 1 saturated heterocycles. The number of rotatable bonds is 5. The van der Waals surface area contributed by atoms with Gasteiger partial charge in [-0.3, -0.25) is 4.79 Å². The third-order valence-electron chi connectivity index (χ3n) is 4.77. The number of hydrogen-bond donors (Lipinski definition) is 1. The van der Waals surface area contributed by atoms with Crippen molar-refractivity contribution in [2.75, 3.05) is 11.9 Å². The Hall–Kier alpha value is -3.00. The van der Waals surface area contributed by atoms with Crippen molar-refractivity contribution < 1.29 is 9.21 Å². The fraction of sp³-hybridized carbons (Fsp3) is 0.333. The molecule has 7 nitrogen and oxygen atoms in total. The van der Waals surface area contributed by atoms with E-state index in [-0.39, 0.29) is 11.9 Å². The van der Waals surface area contributed by atoms with Gasteiger partial charge in [0, 0.05) is 29.8 Å². The number of piperidine rings is 1. The molecule has 0 aliphatic carbocycles. The number of nitrogens with zero attached hydrogens (tertiary/aromatic N) is 4. The standard InChI is InChI=1S/C21H23N5O2S/c1-14-13-22-21(29-14)25-19-12-17(23-15(2)24-19)18-7-3-4-10-26(18)20(27)9-8-16-6-5-11-28-16/h5-6,8-9,11-13,18H,3-4,7,10H2,1-2H3,(H,22,23,24,25)/b9-8+. The van der Waals surface area contributed by atoms with Crippen LogP contribution in [0, 0.1) is 13.8 Å². The number of nitrogens with one attached hydrogen (secondary N) is 1. The predicted octanol–water partition coefficient (Wildman–Crippen LogP) is 4.65. The van der Waals surface area contributed by atoms with Gasteiger partial charge in [-0.25, -0.2) is 15.0 Å². The summed E-state index contributed by atoms with van der Waals surface area (Å²) in [5, 5.41) is 4.06. The smallest absolute Gasteiger partial charge is 0.247 e. The Balaban J connectivity index is 1.56. The van der Waals surface area contributed by atoms with Crippen molar-refractivity contribution in [2.24, 2.45) is 0 Å². The molecule has 1 unspecified atom stereocenters. The van der Waals surface area contributed by atoms with Crippen molar-refractivity contribution in [2.45, 2.75) is 39.2 Å². The molecule has 150 valence electrons. The molecule has 0 radical (unpaired) electrons. The van der Waals surface area contributed by atoms with Gasteiger partial charge in [-0.05, 0) is 51.3 Å². The zero-order valence-corrected chi connectivity index (χ0v) is 17.3. The molecule has 1 fully saturated rings. The van der Waals surface area contributed by atoms with Crippen LogP contribution in [-0.2, 0) is 4.79 Å². The van der Waals surface area contributed by atoms with Crippen LogP contribution in [-0.4, -0.2) is 32.3 Å². The summed E-state index contributed by atoms with van der Waals surface area (Å²) in [5.74, 6) is 2.00. The summed E-state index contributed by atoms with van der Waals surface area (Å²) >= 11 is 1.58. The van der Waals surface area contributed by atoms with Gasteiger partial charge in [0.05, 0.1) is 18.0 Å². The number of amides is 1. The second-order valence-corrected chi connectivity index (χ2v) is 8.25. The molecule has 1 aliphatic heterocycles. The first-order chi connectivity index (χ1) is 14.1. The van der Waals surface area contributed by atoms with E-state index >= 15 is 0 Å². The van der Waals surface area contributed by atoms with E-state index in [1.165, 1.54) is 0 Å². The molecular formula is C21H23N5O2S. The number of aryl methyl sites for hydroxylation is 2. The molecule has 0 bridgehead atoms. The van der Waals surface area contributed by atoms with E-state index in [2.05, 4.69) is 20.3 Å². The first kappa shape index (κ1) is 19.3. The number of hydrogen-bond acceptors (Lipinski definition) is 7.